The van der Waals surface area contributed by atoms with Crippen molar-refractivity contribution in [1.29, 1.82) is 0 Å². The van der Waals surface area contributed by atoms with E-state index in [-0.39, 0.29) is 23.9 Å². The number of aliphatic hydroxyl groups is 6. The number of aryl methyl sites for hydroxylation is 1. The Morgan fingerprint density at radius 2 is 1.47 bits per heavy atom. The summed E-state index contributed by atoms with van der Waals surface area (Å²) in [5.74, 6) is -1.31. The molecule has 0 aromatic heterocycles. The zero-order valence-corrected chi connectivity index (χ0v) is 25.6. The predicted octanol–water partition coefficient (Wildman–Crippen LogP) is -1.02. The number of aromatic hydroxyl groups is 1. The highest BCUT2D eigenvalue weighted by atomic mass is 16.7. The van der Waals surface area contributed by atoms with Crippen LogP contribution in [0.3, 0.4) is 0 Å². The summed E-state index contributed by atoms with van der Waals surface area (Å²) < 4.78 is 27.8. The Kier molecular flexibility index (Phi) is 14.8. The Hall–Kier alpha value is -2.44. The molecular weight excluding hydrogens is 598 g/mol. The number of carbonyl (C=O) groups excluding carboxylic acids is 2. The van der Waals surface area contributed by atoms with E-state index < -0.39 is 80.5 Å². The fourth-order valence-electron chi connectivity index (χ4n) is 5.30. The van der Waals surface area contributed by atoms with Crippen LogP contribution in [-0.2, 0) is 28.5 Å². The fraction of sp³-hybridized carbons (Fsp3) is 0.733. The molecule has 0 bridgehead atoms. The summed E-state index contributed by atoms with van der Waals surface area (Å²) in [6, 6.07) is 3.13. The van der Waals surface area contributed by atoms with Crippen molar-refractivity contribution in [3.8, 4) is 5.75 Å². The minimum absolute atomic E-state index is 0.0775. The average Bonchev–Trinajstić information content (AvgIpc) is 3.03. The van der Waals surface area contributed by atoms with Crippen LogP contribution in [0.1, 0.15) is 60.9 Å². The molecule has 0 spiro atoms. The van der Waals surface area contributed by atoms with Crippen molar-refractivity contribution < 1.29 is 69.0 Å². The van der Waals surface area contributed by atoms with Crippen molar-refractivity contribution in [3.63, 3.8) is 0 Å². The van der Waals surface area contributed by atoms with E-state index in [1.54, 1.807) is 13.0 Å². The first-order chi connectivity index (χ1) is 21.5. The SMILES string of the molecule is COC(=O)CCCCCCCCO[C@@H]1OC(CO)[C@H](O)C(OC2OC(CO)[C@@H](O)C(O)C2O)C1NC(=O)c1cc(C)ccc1O. The van der Waals surface area contributed by atoms with Gasteiger partial charge in [-0.25, -0.2) is 0 Å². The van der Waals surface area contributed by atoms with Crippen LogP contribution in [0.4, 0.5) is 0 Å². The van der Waals surface area contributed by atoms with Crippen LogP contribution in [0.25, 0.3) is 0 Å². The first-order valence-corrected chi connectivity index (χ1v) is 15.2. The van der Waals surface area contributed by atoms with Gasteiger partial charge in [0.15, 0.2) is 12.6 Å². The fourth-order valence-corrected chi connectivity index (χ4v) is 5.30. The van der Waals surface area contributed by atoms with Crippen molar-refractivity contribution in [2.75, 3.05) is 26.9 Å². The van der Waals surface area contributed by atoms with E-state index in [9.17, 15) is 45.3 Å². The van der Waals surface area contributed by atoms with Gasteiger partial charge in [0.25, 0.3) is 5.91 Å². The number of unbranched alkanes of at least 4 members (excludes halogenated alkanes) is 5. The predicted molar refractivity (Wildman–Crippen MR) is 155 cm³/mol. The Morgan fingerprint density at radius 1 is 0.844 bits per heavy atom. The summed E-state index contributed by atoms with van der Waals surface area (Å²) >= 11 is 0. The monoisotopic (exact) mass is 645 g/mol. The van der Waals surface area contributed by atoms with E-state index in [2.05, 4.69) is 10.1 Å². The summed E-state index contributed by atoms with van der Waals surface area (Å²) in [5.41, 5.74) is 0.608. The van der Waals surface area contributed by atoms with Gasteiger partial charge in [-0.1, -0.05) is 37.3 Å². The van der Waals surface area contributed by atoms with E-state index >= 15 is 0 Å². The van der Waals surface area contributed by atoms with Gasteiger partial charge in [0, 0.05) is 13.0 Å². The zero-order chi connectivity index (χ0) is 33.1. The lowest BCUT2D eigenvalue weighted by molar-refractivity contribution is -0.344. The summed E-state index contributed by atoms with van der Waals surface area (Å²) in [5, 5.41) is 74.7. The molecule has 10 atom stereocenters. The maximum absolute atomic E-state index is 13.4. The highest BCUT2D eigenvalue weighted by Crippen LogP contribution is 2.30. The third-order valence-electron chi connectivity index (χ3n) is 7.97. The van der Waals surface area contributed by atoms with Crippen molar-refractivity contribution in [3.05, 3.63) is 29.3 Å². The van der Waals surface area contributed by atoms with Gasteiger partial charge in [0.05, 0.1) is 25.9 Å². The number of hydrogen-bond acceptors (Lipinski definition) is 14. The molecule has 1 aromatic rings. The van der Waals surface area contributed by atoms with Gasteiger partial charge in [-0.2, -0.15) is 0 Å². The Balaban J connectivity index is 1.75. The number of aliphatic hydroxyl groups excluding tert-OH is 6. The molecule has 2 heterocycles. The van der Waals surface area contributed by atoms with Gasteiger partial charge in [-0.3, -0.25) is 9.59 Å². The largest absolute Gasteiger partial charge is 0.507 e. The zero-order valence-electron chi connectivity index (χ0n) is 25.6. The molecule has 7 unspecified atom stereocenters. The van der Waals surface area contributed by atoms with Gasteiger partial charge in [-0.05, 0) is 31.9 Å². The Bertz CT molecular complexity index is 1070. The third-order valence-corrected chi connectivity index (χ3v) is 7.97. The van der Waals surface area contributed by atoms with Crippen LogP contribution in [0.5, 0.6) is 5.75 Å². The highest BCUT2D eigenvalue weighted by molar-refractivity contribution is 5.97. The second-order valence-electron chi connectivity index (χ2n) is 11.4. The molecule has 2 aliphatic heterocycles. The molecule has 15 nitrogen and oxygen atoms in total. The second kappa shape index (κ2) is 18.0. The molecule has 2 saturated heterocycles. The number of carbonyl (C=O) groups is 2. The molecule has 0 aliphatic carbocycles. The second-order valence-corrected chi connectivity index (χ2v) is 11.4. The van der Waals surface area contributed by atoms with Gasteiger partial charge >= 0.3 is 5.97 Å². The number of methoxy groups -OCH3 is 1. The van der Waals surface area contributed by atoms with Gasteiger partial charge < -0.3 is 64.7 Å². The van der Waals surface area contributed by atoms with Crippen molar-refractivity contribution >= 4 is 11.9 Å². The first-order valence-electron chi connectivity index (χ1n) is 15.2. The number of nitrogens with one attached hydrogen (secondary N) is 1. The Labute approximate surface area is 261 Å². The summed E-state index contributed by atoms with van der Waals surface area (Å²) in [6.45, 7) is 0.506. The maximum atomic E-state index is 13.4. The standard InChI is InChI=1S/C30H47NO14/c1-16-10-11-18(34)17(13-16)28(40)31-22-27(45-30-26(39)25(38)23(36)19(14-32)44-30)24(37)20(15-33)43-29(22)42-12-8-6-4-3-5-7-9-21(35)41-2/h10-11,13,19-20,22-27,29-30,32-34,36-39H,3-9,12,14-15H2,1-2H3,(H,31,40)/t19?,20?,22?,23-,24+,25?,26?,27?,29-,30?/m1/s1. The minimum Gasteiger partial charge on any atom is -0.507 e. The van der Waals surface area contributed by atoms with Crippen LogP contribution in [-0.4, -0.2) is 136 Å². The number of amides is 1. The van der Waals surface area contributed by atoms with Crippen LogP contribution >= 0.6 is 0 Å². The lowest BCUT2D eigenvalue weighted by Crippen LogP contribution is -2.68. The molecule has 2 aliphatic rings. The number of hydrogen-bond donors (Lipinski definition) is 8. The molecule has 0 saturated carbocycles. The lowest BCUT2D eigenvalue weighted by atomic mass is 9.95. The summed E-state index contributed by atoms with van der Waals surface area (Å²) in [7, 11) is 1.36. The number of esters is 1. The molecule has 1 aromatic carbocycles. The van der Waals surface area contributed by atoms with Crippen LogP contribution < -0.4 is 5.32 Å². The van der Waals surface area contributed by atoms with Gasteiger partial charge in [0.1, 0.15) is 54.5 Å². The Morgan fingerprint density at radius 3 is 2.13 bits per heavy atom. The third kappa shape index (κ3) is 10.0. The quantitative estimate of drug-likeness (QED) is 0.0795. The van der Waals surface area contributed by atoms with Crippen molar-refractivity contribution in [1.82, 2.24) is 5.32 Å². The summed E-state index contributed by atoms with van der Waals surface area (Å²) in [4.78, 5) is 24.6. The first kappa shape index (κ1) is 37.0. The van der Waals surface area contributed by atoms with Gasteiger partial charge in [0.2, 0.25) is 0 Å². The molecule has 1 amide bonds. The smallest absolute Gasteiger partial charge is 0.305 e. The molecular formula is C30H47NO14. The number of phenolic OH excluding ortho intramolecular Hbond substituents is 1. The molecule has 0 radical (unpaired) electrons. The molecule has 2 fully saturated rings. The minimum atomic E-state index is -1.81. The van der Waals surface area contributed by atoms with E-state index in [1.165, 1.54) is 19.2 Å². The topological polar surface area (TPSA) is 234 Å². The van der Waals surface area contributed by atoms with Gasteiger partial charge in [-0.15, -0.1) is 0 Å². The van der Waals surface area contributed by atoms with Crippen LogP contribution in [0.2, 0.25) is 0 Å². The van der Waals surface area contributed by atoms with Crippen LogP contribution in [0.15, 0.2) is 18.2 Å². The average molecular weight is 646 g/mol. The highest BCUT2D eigenvalue weighted by Gasteiger charge is 2.51. The number of rotatable bonds is 16. The molecule has 45 heavy (non-hydrogen) atoms. The molecule has 15 heteroatoms. The number of phenols is 1. The van der Waals surface area contributed by atoms with E-state index in [4.69, 9.17) is 18.9 Å². The van der Waals surface area contributed by atoms with Crippen LogP contribution in [0, 0.1) is 6.92 Å². The van der Waals surface area contributed by atoms with E-state index in [0.717, 1.165) is 32.1 Å². The van der Waals surface area contributed by atoms with E-state index in [1.807, 2.05) is 0 Å². The number of benzene rings is 1. The van der Waals surface area contributed by atoms with E-state index in [0.29, 0.717) is 18.4 Å². The lowest BCUT2D eigenvalue weighted by Gasteiger charge is -2.47. The van der Waals surface area contributed by atoms with Crippen molar-refractivity contribution in [2.24, 2.45) is 0 Å². The molecule has 3 rings (SSSR count). The molecule has 8 N–H and O–H groups in total. The van der Waals surface area contributed by atoms with Crippen molar-refractivity contribution in [2.45, 2.75) is 113 Å². The molecule has 256 valence electrons. The summed E-state index contributed by atoms with van der Waals surface area (Å²) in [6.07, 6.45) is -8.67. The maximum Gasteiger partial charge on any atom is 0.305 e. The normalized spacial score (nSPS) is 31.8. The number of ether oxygens (including phenoxy) is 5.